The Morgan fingerprint density at radius 1 is 1.22 bits per heavy atom. The third kappa shape index (κ3) is 3.14. The van der Waals surface area contributed by atoms with Crippen molar-refractivity contribution in [3.05, 3.63) is 42.5 Å². The van der Waals surface area contributed by atoms with Gasteiger partial charge in [-0.05, 0) is 30.7 Å². The summed E-state index contributed by atoms with van der Waals surface area (Å²) in [6.45, 7) is 3.29. The predicted octanol–water partition coefficient (Wildman–Crippen LogP) is 3.07. The van der Waals surface area contributed by atoms with E-state index in [-0.39, 0.29) is 6.61 Å². The first kappa shape index (κ1) is 15.4. The van der Waals surface area contributed by atoms with Crippen LogP contribution < -0.4 is 10.5 Å². The number of nitrogen functional groups attached to an aromatic ring is 1. The summed E-state index contributed by atoms with van der Waals surface area (Å²) < 4.78 is 7.69. The Hall–Kier alpha value is -2.53. The van der Waals surface area contributed by atoms with Crippen LogP contribution in [0.5, 0.6) is 5.75 Å². The number of hydrogen-bond acceptors (Lipinski definition) is 4. The minimum absolute atomic E-state index is 0.0505. The minimum Gasteiger partial charge on any atom is -0.494 e. The Morgan fingerprint density at radius 2 is 2.09 bits per heavy atom. The first-order valence-corrected chi connectivity index (χ1v) is 7.82. The number of nitrogens with two attached hydrogens (primary N) is 1. The third-order valence-corrected chi connectivity index (χ3v) is 3.66. The summed E-state index contributed by atoms with van der Waals surface area (Å²) in [5.41, 5.74) is 9.34. The van der Waals surface area contributed by atoms with Crippen molar-refractivity contribution in [2.45, 2.75) is 19.9 Å². The highest BCUT2D eigenvalue weighted by molar-refractivity contribution is 5.82. The van der Waals surface area contributed by atoms with Crippen molar-refractivity contribution in [3.63, 3.8) is 0 Å². The summed E-state index contributed by atoms with van der Waals surface area (Å²) in [5.74, 6) is 1.61. The van der Waals surface area contributed by atoms with Gasteiger partial charge < -0.3 is 20.1 Å². The maximum Gasteiger partial charge on any atom is 0.141 e. The highest BCUT2D eigenvalue weighted by Gasteiger charge is 2.13. The molecule has 0 radical (unpaired) electrons. The molecule has 3 rings (SSSR count). The molecule has 0 amide bonds. The number of aromatic nitrogens is 2. The lowest BCUT2D eigenvalue weighted by Gasteiger charge is -2.08. The summed E-state index contributed by atoms with van der Waals surface area (Å²) in [7, 11) is 0. The third-order valence-electron chi connectivity index (χ3n) is 3.66. The number of ether oxygens (including phenoxy) is 1. The van der Waals surface area contributed by atoms with Gasteiger partial charge >= 0.3 is 0 Å². The molecule has 23 heavy (non-hydrogen) atoms. The molecule has 0 bridgehead atoms. The normalized spacial score (nSPS) is 11.0. The Balaban J connectivity index is 2.10. The van der Waals surface area contributed by atoms with Gasteiger partial charge in [0.25, 0.3) is 0 Å². The predicted molar refractivity (Wildman–Crippen MR) is 92.5 cm³/mol. The van der Waals surface area contributed by atoms with E-state index in [1.807, 2.05) is 47.0 Å². The number of hydrogen-bond donors (Lipinski definition) is 2. The van der Waals surface area contributed by atoms with Crippen molar-refractivity contribution < 1.29 is 9.84 Å². The standard InChI is InChI=1S/C18H21N3O2/c1-2-10-23-15-6-7-17-16(12-15)20-18(21(17)8-9-22)13-4-3-5-14(19)11-13/h3-7,11-12,22H,2,8-10,19H2,1H3. The maximum atomic E-state index is 9.40. The molecule has 5 nitrogen and oxygen atoms in total. The number of benzene rings is 2. The fourth-order valence-electron chi connectivity index (χ4n) is 2.64. The topological polar surface area (TPSA) is 73.3 Å². The van der Waals surface area contributed by atoms with E-state index in [0.717, 1.165) is 34.6 Å². The van der Waals surface area contributed by atoms with Crippen molar-refractivity contribution in [2.24, 2.45) is 0 Å². The van der Waals surface area contributed by atoms with Gasteiger partial charge in [-0.2, -0.15) is 0 Å². The van der Waals surface area contributed by atoms with Gasteiger partial charge in [0, 0.05) is 23.9 Å². The van der Waals surface area contributed by atoms with Crippen molar-refractivity contribution in [2.75, 3.05) is 18.9 Å². The Morgan fingerprint density at radius 3 is 2.83 bits per heavy atom. The van der Waals surface area contributed by atoms with Crippen LogP contribution in [0.1, 0.15) is 13.3 Å². The molecular weight excluding hydrogens is 290 g/mol. The Kier molecular flexibility index (Phi) is 4.48. The summed E-state index contributed by atoms with van der Waals surface area (Å²) in [6, 6.07) is 13.5. The molecular formula is C18H21N3O2. The summed E-state index contributed by atoms with van der Waals surface area (Å²) in [4.78, 5) is 4.73. The van der Waals surface area contributed by atoms with Gasteiger partial charge in [-0.1, -0.05) is 19.1 Å². The monoisotopic (exact) mass is 311 g/mol. The van der Waals surface area contributed by atoms with E-state index >= 15 is 0 Å². The lowest BCUT2D eigenvalue weighted by molar-refractivity contribution is 0.278. The zero-order chi connectivity index (χ0) is 16.2. The summed E-state index contributed by atoms with van der Waals surface area (Å²) in [5, 5.41) is 9.40. The van der Waals surface area contributed by atoms with E-state index in [4.69, 9.17) is 15.5 Å². The molecule has 2 aromatic carbocycles. The first-order chi connectivity index (χ1) is 11.2. The highest BCUT2D eigenvalue weighted by atomic mass is 16.5. The number of anilines is 1. The molecule has 1 aromatic heterocycles. The van der Waals surface area contributed by atoms with Gasteiger partial charge in [0.05, 0.1) is 24.2 Å². The van der Waals surface area contributed by atoms with Gasteiger partial charge in [0.2, 0.25) is 0 Å². The lowest BCUT2D eigenvalue weighted by atomic mass is 10.2. The number of rotatable bonds is 6. The average molecular weight is 311 g/mol. The fraction of sp³-hybridized carbons (Fsp3) is 0.278. The second kappa shape index (κ2) is 6.71. The molecule has 0 aliphatic rings. The minimum atomic E-state index is 0.0505. The van der Waals surface area contributed by atoms with Gasteiger partial charge in [0.1, 0.15) is 11.6 Å². The molecule has 0 saturated heterocycles. The molecule has 0 aliphatic heterocycles. The molecule has 0 aliphatic carbocycles. The van der Waals surface area contributed by atoms with E-state index in [1.165, 1.54) is 0 Å². The smallest absolute Gasteiger partial charge is 0.141 e. The number of imidazole rings is 1. The largest absolute Gasteiger partial charge is 0.494 e. The number of aliphatic hydroxyl groups excluding tert-OH is 1. The van der Waals surface area contributed by atoms with Crippen molar-refractivity contribution >= 4 is 16.7 Å². The highest BCUT2D eigenvalue weighted by Crippen LogP contribution is 2.28. The van der Waals surface area contributed by atoms with Gasteiger partial charge in [0.15, 0.2) is 0 Å². The van der Waals surface area contributed by atoms with Crippen molar-refractivity contribution in [1.82, 2.24) is 9.55 Å². The number of aliphatic hydroxyl groups is 1. The number of nitrogens with zero attached hydrogens (tertiary/aromatic N) is 2. The molecule has 0 unspecified atom stereocenters. The Bertz CT molecular complexity index is 811. The second-order valence-corrected chi connectivity index (χ2v) is 5.44. The fourth-order valence-corrected chi connectivity index (χ4v) is 2.64. The van der Waals surface area contributed by atoms with E-state index in [9.17, 15) is 5.11 Å². The van der Waals surface area contributed by atoms with E-state index in [1.54, 1.807) is 0 Å². The van der Waals surface area contributed by atoms with Gasteiger partial charge in [-0.25, -0.2) is 4.98 Å². The molecule has 3 aromatic rings. The lowest BCUT2D eigenvalue weighted by Crippen LogP contribution is -2.04. The zero-order valence-electron chi connectivity index (χ0n) is 13.2. The molecule has 0 saturated carbocycles. The summed E-state index contributed by atoms with van der Waals surface area (Å²) >= 11 is 0. The van der Waals surface area contributed by atoms with Crippen LogP contribution in [0.2, 0.25) is 0 Å². The van der Waals surface area contributed by atoms with E-state index < -0.39 is 0 Å². The van der Waals surface area contributed by atoms with Crippen LogP contribution in [-0.2, 0) is 6.54 Å². The molecule has 0 fully saturated rings. The Labute approximate surface area is 135 Å². The number of fused-ring (bicyclic) bond motifs is 1. The average Bonchev–Trinajstić information content (AvgIpc) is 2.91. The van der Waals surface area contributed by atoms with Crippen LogP contribution >= 0.6 is 0 Å². The van der Waals surface area contributed by atoms with Crippen LogP contribution in [0.4, 0.5) is 5.69 Å². The van der Waals surface area contributed by atoms with E-state index in [0.29, 0.717) is 18.8 Å². The second-order valence-electron chi connectivity index (χ2n) is 5.44. The van der Waals surface area contributed by atoms with E-state index in [2.05, 4.69) is 6.92 Å². The van der Waals surface area contributed by atoms with Crippen LogP contribution in [0, 0.1) is 0 Å². The zero-order valence-corrected chi connectivity index (χ0v) is 13.2. The first-order valence-electron chi connectivity index (χ1n) is 7.82. The van der Waals surface area contributed by atoms with Crippen LogP contribution in [0.15, 0.2) is 42.5 Å². The van der Waals surface area contributed by atoms with Crippen LogP contribution in [0.25, 0.3) is 22.4 Å². The molecule has 1 heterocycles. The summed E-state index contributed by atoms with van der Waals surface area (Å²) in [6.07, 6.45) is 0.964. The van der Waals surface area contributed by atoms with Gasteiger partial charge in [-0.15, -0.1) is 0 Å². The molecule has 0 atom stereocenters. The van der Waals surface area contributed by atoms with Crippen molar-refractivity contribution in [3.8, 4) is 17.1 Å². The SMILES string of the molecule is CCCOc1ccc2c(c1)nc(-c1cccc(N)c1)n2CCO. The molecule has 0 spiro atoms. The van der Waals surface area contributed by atoms with Gasteiger partial charge in [-0.3, -0.25) is 0 Å². The quantitative estimate of drug-likeness (QED) is 0.686. The van der Waals surface area contributed by atoms with Crippen molar-refractivity contribution in [1.29, 1.82) is 0 Å². The maximum absolute atomic E-state index is 9.40. The molecule has 3 N–H and O–H groups in total. The van der Waals surface area contributed by atoms with Crippen LogP contribution in [-0.4, -0.2) is 27.9 Å². The molecule has 5 heteroatoms. The van der Waals surface area contributed by atoms with Crippen LogP contribution in [0.3, 0.4) is 0 Å². The molecule has 120 valence electrons.